The fraction of sp³-hybridized carbons (Fsp3) is 0.125. The van der Waals surface area contributed by atoms with Crippen LogP contribution in [0.4, 0.5) is 11.4 Å². The summed E-state index contributed by atoms with van der Waals surface area (Å²) in [5.41, 5.74) is 2.36. The lowest BCUT2D eigenvalue weighted by molar-refractivity contribution is -0.385. The molecule has 4 rings (SSSR count). The Morgan fingerprint density at radius 1 is 1.20 bits per heavy atom. The third-order valence-electron chi connectivity index (χ3n) is 4.15. The highest BCUT2D eigenvalue weighted by atomic mass is 16.6. The van der Waals surface area contributed by atoms with E-state index in [4.69, 9.17) is 0 Å². The van der Waals surface area contributed by atoms with Gasteiger partial charge in [-0.3, -0.25) is 14.9 Å². The fourth-order valence-electron chi connectivity index (χ4n) is 3.01. The van der Waals surface area contributed by atoms with E-state index in [1.165, 1.54) is 17.1 Å². The molecule has 1 aliphatic heterocycles. The van der Waals surface area contributed by atoms with Crippen LogP contribution in [-0.2, 0) is 6.42 Å². The van der Waals surface area contributed by atoms with Crippen molar-refractivity contribution in [3.63, 3.8) is 0 Å². The zero-order valence-electron chi connectivity index (χ0n) is 12.9. The molecule has 0 aliphatic carbocycles. The highest BCUT2D eigenvalue weighted by Crippen LogP contribution is 2.35. The summed E-state index contributed by atoms with van der Waals surface area (Å²) in [6, 6.07) is 11.7. The van der Waals surface area contributed by atoms with Crippen molar-refractivity contribution in [3.05, 3.63) is 70.0 Å². The van der Waals surface area contributed by atoms with E-state index in [-0.39, 0.29) is 11.6 Å². The lowest BCUT2D eigenvalue weighted by Gasteiger charge is -2.17. The molecule has 0 bridgehead atoms. The Labute approximate surface area is 141 Å². The smallest absolute Gasteiger partial charge is 0.274 e. The summed E-state index contributed by atoms with van der Waals surface area (Å²) in [4.78, 5) is 25.2. The maximum Gasteiger partial charge on any atom is 0.274 e. The van der Waals surface area contributed by atoms with Gasteiger partial charge in [-0.1, -0.05) is 12.1 Å². The summed E-state index contributed by atoms with van der Waals surface area (Å²) in [6.45, 7) is 0.411. The van der Waals surface area contributed by atoms with Crippen LogP contribution in [0.5, 0.6) is 0 Å². The van der Waals surface area contributed by atoms with Crippen LogP contribution in [0, 0.1) is 10.1 Å². The maximum atomic E-state index is 12.9. The standard InChI is InChI=1S/C16H12N6O3/c23-16(11-3-1-4-12(9-11)21-10-17-18-19-21)20-8-7-13-14(20)5-2-6-15(13)22(24)25/h1-6,9-10H,7-8H2. The molecule has 0 saturated carbocycles. The lowest BCUT2D eigenvalue weighted by atomic mass is 10.1. The predicted octanol–water partition coefficient (Wildman–Crippen LogP) is 1.77. The number of hydrogen-bond acceptors (Lipinski definition) is 6. The van der Waals surface area contributed by atoms with Crippen LogP contribution in [0.2, 0.25) is 0 Å². The quantitative estimate of drug-likeness (QED) is 0.533. The number of carbonyl (C=O) groups excluding carboxylic acids is 1. The van der Waals surface area contributed by atoms with Gasteiger partial charge in [0.2, 0.25) is 0 Å². The Hall–Kier alpha value is -3.62. The number of anilines is 1. The molecule has 0 atom stereocenters. The summed E-state index contributed by atoms with van der Waals surface area (Å²) in [5.74, 6) is -0.214. The van der Waals surface area contributed by atoms with Crippen molar-refractivity contribution in [1.82, 2.24) is 20.2 Å². The summed E-state index contributed by atoms with van der Waals surface area (Å²) < 4.78 is 1.46. The van der Waals surface area contributed by atoms with Gasteiger partial charge in [-0.2, -0.15) is 0 Å². The Morgan fingerprint density at radius 3 is 2.80 bits per heavy atom. The lowest BCUT2D eigenvalue weighted by Crippen LogP contribution is -2.28. The third kappa shape index (κ3) is 2.51. The van der Waals surface area contributed by atoms with Crippen molar-refractivity contribution in [1.29, 1.82) is 0 Å². The van der Waals surface area contributed by atoms with E-state index in [1.807, 2.05) is 0 Å². The van der Waals surface area contributed by atoms with Crippen molar-refractivity contribution in [2.75, 3.05) is 11.4 Å². The second kappa shape index (κ2) is 5.78. The molecule has 2 aromatic carbocycles. The number of hydrogen-bond donors (Lipinski definition) is 0. The van der Waals surface area contributed by atoms with E-state index >= 15 is 0 Å². The minimum atomic E-state index is -0.412. The number of nitro benzene ring substituents is 1. The number of amides is 1. The molecule has 0 saturated heterocycles. The van der Waals surface area contributed by atoms with E-state index in [9.17, 15) is 14.9 Å². The Morgan fingerprint density at radius 2 is 2.04 bits per heavy atom. The monoisotopic (exact) mass is 336 g/mol. The van der Waals surface area contributed by atoms with Crippen LogP contribution in [-0.4, -0.2) is 37.6 Å². The summed E-state index contributed by atoms with van der Waals surface area (Å²) in [5, 5.41) is 22.1. The average Bonchev–Trinajstić information content (AvgIpc) is 3.30. The minimum absolute atomic E-state index is 0.0511. The third-order valence-corrected chi connectivity index (χ3v) is 4.15. The molecule has 1 aliphatic rings. The largest absolute Gasteiger partial charge is 0.307 e. The van der Waals surface area contributed by atoms with E-state index in [1.54, 1.807) is 41.3 Å². The molecular weight excluding hydrogens is 324 g/mol. The molecular formula is C16H12N6O3. The van der Waals surface area contributed by atoms with Crippen LogP contribution in [0.15, 0.2) is 48.8 Å². The molecule has 0 unspecified atom stereocenters. The highest BCUT2D eigenvalue weighted by Gasteiger charge is 2.30. The van der Waals surface area contributed by atoms with Gasteiger partial charge in [0.25, 0.3) is 11.6 Å². The number of aromatic nitrogens is 4. The van der Waals surface area contributed by atoms with Crippen molar-refractivity contribution in [2.45, 2.75) is 6.42 Å². The first-order chi connectivity index (χ1) is 12.1. The normalized spacial score (nSPS) is 12.9. The number of rotatable bonds is 3. The van der Waals surface area contributed by atoms with Gasteiger partial charge in [0.15, 0.2) is 0 Å². The van der Waals surface area contributed by atoms with Crippen LogP contribution in [0.1, 0.15) is 15.9 Å². The molecule has 3 aromatic rings. The molecule has 0 N–H and O–H groups in total. The number of tetrazole rings is 1. The van der Waals surface area contributed by atoms with Crippen molar-refractivity contribution in [2.24, 2.45) is 0 Å². The van der Waals surface area contributed by atoms with Crippen molar-refractivity contribution >= 4 is 17.3 Å². The van der Waals surface area contributed by atoms with Crippen LogP contribution in [0.3, 0.4) is 0 Å². The Bertz CT molecular complexity index is 970. The van der Waals surface area contributed by atoms with Crippen LogP contribution >= 0.6 is 0 Å². The van der Waals surface area contributed by atoms with Crippen LogP contribution in [0.25, 0.3) is 5.69 Å². The summed E-state index contributed by atoms with van der Waals surface area (Å²) in [7, 11) is 0. The Balaban J connectivity index is 1.69. The zero-order chi connectivity index (χ0) is 17.4. The van der Waals surface area contributed by atoms with E-state index in [0.717, 1.165) is 0 Å². The average molecular weight is 336 g/mol. The van der Waals surface area contributed by atoms with Crippen molar-refractivity contribution < 1.29 is 9.72 Å². The van der Waals surface area contributed by atoms with E-state index in [0.29, 0.717) is 35.5 Å². The predicted molar refractivity (Wildman–Crippen MR) is 87.6 cm³/mol. The van der Waals surface area contributed by atoms with Gasteiger partial charge in [-0.15, -0.1) is 5.10 Å². The van der Waals surface area contributed by atoms with E-state index in [2.05, 4.69) is 15.5 Å². The number of nitro groups is 1. The second-order valence-electron chi connectivity index (χ2n) is 5.54. The Kier molecular flexibility index (Phi) is 3.46. The maximum absolute atomic E-state index is 12.9. The number of nitrogens with zero attached hydrogens (tertiary/aromatic N) is 6. The van der Waals surface area contributed by atoms with Gasteiger partial charge >= 0.3 is 0 Å². The molecule has 124 valence electrons. The van der Waals surface area contributed by atoms with Gasteiger partial charge in [-0.25, -0.2) is 4.68 Å². The molecule has 2 heterocycles. The topological polar surface area (TPSA) is 107 Å². The number of benzene rings is 2. The molecule has 9 nitrogen and oxygen atoms in total. The van der Waals surface area contributed by atoms with Crippen molar-refractivity contribution in [3.8, 4) is 5.69 Å². The summed E-state index contributed by atoms with van der Waals surface area (Å²) in [6.07, 6.45) is 1.91. The van der Waals surface area contributed by atoms with Gasteiger partial charge < -0.3 is 4.90 Å². The molecule has 0 radical (unpaired) electrons. The van der Waals surface area contributed by atoms with Crippen LogP contribution < -0.4 is 4.90 Å². The number of carbonyl (C=O) groups is 1. The molecule has 1 amide bonds. The molecule has 1 aromatic heterocycles. The van der Waals surface area contributed by atoms with E-state index < -0.39 is 4.92 Å². The fourth-order valence-corrected chi connectivity index (χ4v) is 3.01. The SMILES string of the molecule is O=C(c1cccc(-n2cnnn2)c1)N1CCc2c1cccc2[N+](=O)[O-]. The first-order valence-electron chi connectivity index (χ1n) is 7.57. The molecule has 0 fully saturated rings. The second-order valence-corrected chi connectivity index (χ2v) is 5.54. The van der Waals surface area contributed by atoms with Gasteiger partial charge in [-0.05, 0) is 41.1 Å². The summed E-state index contributed by atoms with van der Waals surface area (Å²) >= 11 is 0. The highest BCUT2D eigenvalue weighted by molar-refractivity contribution is 6.07. The van der Waals surface area contributed by atoms with Gasteiger partial charge in [0, 0.05) is 18.2 Å². The zero-order valence-corrected chi connectivity index (χ0v) is 12.9. The minimum Gasteiger partial charge on any atom is -0.307 e. The first kappa shape index (κ1) is 14.9. The molecule has 0 spiro atoms. The first-order valence-corrected chi connectivity index (χ1v) is 7.57. The van der Waals surface area contributed by atoms with Gasteiger partial charge in [0.05, 0.1) is 21.9 Å². The molecule has 9 heteroatoms. The van der Waals surface area contributed by atoms with Gasteiger partial charge in [0.1, 0.15) is 6.33 Å². The molecule has 25 heavy (non-hydrogen) atoms. The number of fused-ring (bicyclic) bond motifs is 1.